The van der Waals surface area contributed by atoms with Crippen molar-refractivity contribution >= 4 is 11.6 Å². The molecule has 0 unspecified atom stereocenters. The molecule has 1 fully saturated rings. The van der Waals surface area contributed by atoms with Gasteiger partial charge in [0.1, 0.15) is 17.5 Å². The Morgan fingerprint density at radius 3 is 2.59 bits per heavy atom. The van der Waals surface area contributed by atoms with Crippen LogP contribution in [0.3, 0.4) is 0 Å². The zero-order valence-corrected chi connectivity index (χ0v) is 10.7. The normalized spacial score (nSPS) is 16.8. The van der Waals surface area contributed by atoms with Gasteiger partial charge in [-0.3, -0.25) is 0 Å². The standard InChI is InChI=1S/C12H21N5/c1-3-13-11-9-12(15-10(2)14-11)16-17-7-5-4-6-8-17/h9H,3-8H2,1-2H3,(H2,13,14,15,16). The van der Waals surface area contributed by atoms with Crippen LogP contribution in [0, 0.1) is 6.92 Å². The number of hydrogen-bond donors (Lipinski definition) is 2. The molecule has 0 bridgehead atoms. The molecule has 1 saturated heterocycles. The van der Waals surface area contributed by atoms with Gasteiger partial charge in [0.2, 0.25) is 0 Å². The molecule has 0 amide bonds. The van der Waals surface area contributed by atoms with Crippen molar-refractivity contribution in [1.29, 1.82) is 0 Å². The Kier molecular flexibility index (Phi) is 4.14. The maximum absolute atomic E-state index is 4.41. The molecular formula is C12H21N5. The van der Waals surface area contributed by atoms with Gasteiger partial charge in [0, 0.05) is 25.7 Å². The maximum atomic E-state index is 4.41. The van der Waals surface area contributed by atoms with Gasteiger partial charge >= 0.3 is 0 Å². The van der Waals surface area contributed by atoms with E-state index in [2.05, 4.69) is 32.6 Å². The minimum absolute atomic E-state index is 0.794. The van der Waals surface area contributed by atoms with Crippen molar-refractivity contribution in [3.63, 3.8) is 0 Å². The Labute approximate surface area is 103 Å². The summed E-state index contributed by atoms with van der Waals surface area (Å²) in [5.41, 5.74) is 3.36. The van der Waals surface area contributed by atoms with Crippen LogP contribution in [0.5, 0.6) is 0 Å². The van der Waals surface area contributed by atoms with Crippen molar-refractivity contribution in [2.45, 2.75) is 33.1 Å². The lowest BCUT2D eigenvalue weighted by molar-refractivity contribution is 0.272. The van der Waals surface area contributed by atoms with E-state index in [1.54, 1.807) is 0 Å². The average molecular weight is 235 g/mol. The molecule has 2 rings (SSSR count). The lowest BCUT2D eigenvalue weighted by Gasteiger charge is -2.27. The number of nitrogens with one attached hydrogen (secondary N) is 2. The molecule has 0 aromatic carbocycles. The lowest BCUT2D eigenvalue weighted by Crippen LogP contribution is -2.35. The molecule has 0 atom stereocenters. The van der Waals surface area contributed by atoms with E-state index in [0.29, 0.717) is 0 Å². The first-order valence-corrected chi connectivity index (χ1v) is 6.39. The van der Waals surface area contributed by atoms with Crippen molar-refractivity contribution in [2.75, 3.05) is 30.4 Å². The first-order chi connectivity index (χ1) is 8.28. The zero-order chi connectivity index (χ0) is 12.1. The summed E-state index contributed by atoms with van der Waals surface area (Å²) in [6, 6.07) is 1.96. The molecule has 17 heavy (non-hydrogen) atoms. The Morgan fingerprint density at radius 2 is 1.88 bits per heavy atom. The Morgan fingerprint density at radius 1 is 1.18 bits per heavy atom. The highest BCUT2D eigenvalue weighted by atomic mass is 15.5. The highest BCUT2D eigenvalue weighted by Crippen LogP contribution is 2.14. The monoisotopic (exact) mass is 235 g/mol. The van der Waals surface area contributed by atoms with E-state index in [0.717, 1.165) is 37.1 Å². The summed E-state index contributed by atoms with van der Waals surface area (Å²) in [5, 5.41) is 5.45. The number of rotatable bonds is 4. The molecule has 0 spiro atoms. The molecule has 1 aliphatic heterocycles. The second kappa shape index (κ2) is 5.82. The third-order valence-corrected chi connectivity index (χ3v) is 2.82. The van der Waals surface area contributed by atoms with Gasteiger partial charge in [-0.15, -0.1) is 0 Å². The van der Waals surface area contributed by atoms with Crippen LogP contribution in [0.25, 0.3) is 0 Å². The number of piperidine rings is 1. The van der Waals surface area contributed by atoms with Crippen molar-refractivity contribution < 1.29 is 0 Å². The molecule has 1 aliphatic rings. The van der Waals surface area contributed by atoms with Gasteiger partial charge in [0.15, 0.2) is 0 Å². The van der Waals surface area contributed by atoms with Crippen LogP contribution < -0.4 is 10.7 Å². The summed E-state index contributed by atoms with van der Waals surface area (Å²) in [4.78, 5) is 8.74. The molecule has 2 heterocycles. The molecular weight excluding hydrogens is 214 g/mol. The minimum atomic E-state index is 0.794. The van der Waals surface area contributed by atoms with Gasteiger partial charge in [-0.25, -0.2) is 15.0 Å². The van der Waals surface area contributed by atoms with Crippen molar-refractivity contribution in [3.05, 3.63) is 11.9 Å². The fourth-order valence-electron chi connectivity index (χ4n) is 2.06. The predicted molar refractivity (Wildman–Crippen MR) is 70.0 cm³/mol. The summed E-state index contributed by atoms with van der Waals surface area (Å²) >= 11 is 0. The van der Waals surface area contributed by atoms with E-state index in [4.69, 9.17) is 0 Å². The first kappa shape index (κ1) is 12.1. The van der Waals surface area contributed by atoms with Crippen molar-refractivity contribution in [3.8, 4) is 0 Å². The van der Waals surface area contributed by atoms with Crippen LogP contribution in [0.4, 0.5) is 11.6 Å². The Hall–Kier alpha value is -1.36. The average Bonchev–Trinajstić information content (AvgIpc) is 2.30. The van der Waals surface area contributed by atoms with E-state index < -0.39 is 0 Å². The quantitative estimate of drug-likeness (QED) is 0.836. The smallest absolute Gasteiger partial charge is 0.146 e. The summed E-state index contributed by atoms with van der Waals surface area (Å²) in [5.74, 6) is 2.57. The molecule has 0 radical (unpaired) electrons. The first-order valence-electron chi connectivity index (χ1n) is 6.39. The van der Waals surface area contributed by atoms with Gasteiger partial charge in [-0.1, -0.05) is 6.42 Å². The van der Waals surface area contributed by atoms with Gasteiger partial charge < -0.3 is 10.7 Å². The SMILES string of the molecule is CCNc1cc(NN2CCCCC2)nc(C)n1. The number of hydrazine groups is 1. The van der Waals surface area contributed by atoms with Crippen molar-refractivity contribution in [2.24, 2.45) is 0 Å². The molecule has 2 N–H and O–H groups in total. The molecule has 0 saturated carbocycles. The number of nitrogens with zero attached hydrogens (tertiary/aromatic N) is 3. The van der Waals surface area contributed by atoms with Crippen molar-refractivity contribution in [1.82, 2.24) is 15.0 Å². The minimum Gasteiger partial charge on any atom is -0.370 e. The fourth-order valence-corrected chi connectivity index (χ4v) is 2.06. The van der Waals surface area contributed by atoms with Crippen LogP contribution in [0.15, 0.2) is 6.07 Å². The highest BCUT2D eigenvalue weighted by Gasteiger charge is 2.10. The highest BCUT2D eigenvalue weighted by molar-refractivity contribution is 5.46. The number of aryl methyl sites for hydroxylation is 1. The maximum Gasteiger partial charge on any atom is 0.146 e. The van der Waals surface area contributed by atoms with E-state index in [9.17, 15) is 0 Å². The fraction of sp³-hybridized carbons (Fsp3) is 0.667. The molecule has 5 nitrogen and oxygen atoms in total. The Balaban J connectivity index is 2.03. The second-order valence-corrected chi connectivity index (χ2v) is 4.38. The number of hydrogen-bond acceptors (Lipinski definition) is 5. The van der Waals surface area contributed by atoms with Crippen LogP contribution in [-0.4, -0.2) is 34.6 Å². The van der Waals surface area contributed by atoms with Gasteiger partial charge in [-0.2, -0.15) is 0 Å². The predicted octanol–water partition coefficient (Wildman–Crippen LogP) is 2.03. The summed E-state index contributed by atoms with van der Waals surface area (Å²) in [6.07, 6.45) is 3.86. The van der Waals surface area contributed by atoms with E-state index in [-0.39, 0.29) is 0 Å². The van der Waals surface area contributed by atoms with Gasteiger partial charge in [0.25, 0.3) is 0 Å². The summed E-state index contributed by atoms with van der Waals surface area (Å²) < 4.78 is 0. The van der Waals surface area contributed by atoms with E-state index in [1.165, 1.54) is 19.3 Å². The molecule has 0 aliphatic carbocycles. The topological polar surface area (TPSA) is 53.1 Å². The van der Waals surface area contributed by atoms with Crippen LogP contribution in [-0.2, 0) is 0 Å². The van der Waals surface area contributed by atoms with Crippen LogP contribution >= 0.6 is 0 Å². The molecule has 1 aromatic rings. The third-order valence-electron chi connectivity index (χ3n) is 2.82. The summed E-state index contributed by atoms with van der Waals surface area (Å²) in [6.45, 7) is 7.05. The van der Waals surface area contributed by atoms with E-state index in [1.807, 2.05) is 13.0 Å². The summed E-state index contributed by atoms with van der Waals surface area (Å²) in [7, 11) is 0. The van der Waals surface area contributed by atoms with E-state index >= 15 is 0 Å². The van der Waals surface area contributed by atoms with Gasteiger partial charge in [0.05, 0.1) is 0 Å². The molecule has 5 heteroatoms. The van der Waals surface area contributed by atoms with Crippen LogP contribution in [0.1, 0.15) is 32.0 Å². The van der Waals surface area contributed by atoms with Crippen LogP contribution in [0.2, 0.25) is 0 Å². The zero-order valence-electron chi connectivity index (χ0n) is 10.7. The number of anilines is 2. The van der Waals surface area contributed by atoms with Gasteiger partial charge in [-0.05, 0) is 26.7 Å². The second-order valence-electron chi connectivity index (χ2n) is 4.38. The molecule has 94 valence electrons. The number of aromatic nitrogens is 2. The molecule has 1 aromatic heterocycles. The third kappa shape index (κ3) is 3.56. The Bertz CT molecular complexity index is 360. The largest absolute Gasteiger partial charge is 0.370 e. The lowest BCUT2D eigenvalue weighted by atomic mass is 10.2.